The highest BCUT2D eigenvalue weighted by atomic mass is 16.8. The van der Waals surface area contributed by atoms with Gasteiger partial charge >= 0.3 is 0 Å². The quantitative estimate of drug-likeness (QED) is 0.561. The van der Waals surface area contributed by atoms with E-state index in [1.807, 2.05) is 0 Å². The molecule has 2 aliphatic rings. The maximum atomic E-state index is 9.61. The molecule has 0 aromatic rings. The van der Waals surface area contributed by atoms with E-state index >= 15 is 0 Å². The standard InChI is InChI=1S/C8H13NO4/c1-8(2)12-6-5(10)4(3-9)11-7(6)13-8/h3-7,9-10H,1-2H3/t4-,5-,6-,7-/m1/s1. The summed E-state index contributed by atoms with van der Waals surface area (Å²) in [5.74, 6) is -0.705. The van der Waals surface area contributed by atoms with Crippen LogP contribution in [0.15, 0.2) is 0 Å². The lowest BCUT2D eigenvalue weighted by atomic mass is 10.1. The third kappa shape index (κ3) is 1.38. The summed E-state index contributed by atoms with van der Waals surface area (Å²) in [4.78, 5) is 0. The van der Waals surface area contributed by atoms with E-state index in [0.717, 1.165) is 6.21 Å². The average Bonchev–Trinajstić information content (AvgIpc) is 2.47. The molecule has 5 heteroatoms. The van der Waals surface area contributed by atoms with Crippen LogP contribution in [0.25, 0.3) is 0 Å². The van der Waals surface area contributed by atoms with Crippen molar-refractivity contribution in [2.75, 3.05) is 0 Å². The van der Waals surface area contributed by atoms with Gasteiger partial charge in [-0.05, 0) is 13.8 Å². The lowest BCUT2D eigenvalue weighted by Gasteiger charge is -2.20. The van der Waals surface area contributed by atoms with Gasteiger partial charge < -0.3 is 24.7 Å². The van der Waals surface area contributed by atoms with Crippen molar-refractivity contribution in [1.29, 1.82) is 5.41 Å². The molecule has 74 valence electrons. The molecule has 0 aliphatic carbocycles. The Kier molecular flexibility index (Phi) is 1.92. The highest BCUT2D eigenvalue weighted by molar-refractivity contribution is 5.61. The summed E-state index contributed by atoms with van der Waals surface area (Å²) >= 11 is 0. The highest BCUT2D eigenvalue weighted by Crippen LogP contribution is 2.36. The third-order valence-electron chi connectivity index (χ3n) is 2.22. The fourth-order valence-electron chi connectivity index (χ4n) is 1.65. The molecule has 0 radical (unpaired) electrons. The van der Waals surface area contributed by atoms with Gasteiger partial charge in [-0.3, -0.25) is 0 Å². The fourth-order valence-corrected chi connectivity index (χ4v) is 1.65. The Balaban J connectivity index is 2.11. The Hall–Kier alpha value is -0.490. The number of nitrogens with one attached hydrogen (secondary N) is 1. The molecule has 2 saturated heterocycles. The van der Waals surface area contributed by atoms with Crippen LogP contribution in [0.1, 0.15) is 13.8 Å². The topological polar surface area (TPSA) is 71.8 Å². The van der Waals surface area contributed by atoms with E-state index < -0.39 is 30.4 Å². The zero-order chi connectivity index (χ0) is 9.64. The van der Waals surface area contributed by atoms with Crippen LogP contribution in [0, 0.1) is 5.41 Å². The molecule has 0 bridgehead atoms. The van der Waals surface area contributed by atoms with Crippen LogP contribution >= 0.6 is 0 Å². The monoisotopic (exact) mass is 187 g/mol. The first-order valence-electron chi connectivity index (χ1n) is 4.23. The van der Waals surface area contributed by atoms with Crippen molar-refractivity contribution in [3.05, 3.63) is 0 Å². The van der Waals surface area contributed by atoms with Gasteiger partial charge in [0.25, 0.3) is 0 Å². The molecule has 2 aliphatic heterocycles. The predicted octanol–water partition coefficient (Wildman–Crippen LogP) is -0.127. The Morgan fingerprint density at radius 3 is 2.62 bits per heavy atom. The molecule has 2 rings (SSSR count). The molecule has 0 aromatic heterocycles. The van der Waals surface area contributed by atoms with Gasteiger partial charge in [-0.1, -0.05) is 0 Å². The van der Waals surface area contributed by atoms with E-state index in [9.17, 15) is 5.11 Å². The second-order valence-electron chi connectivity index (χ2n) is 3.73. The molecule has 0 spiro atoms. The van der Waals surface area contributed by atoms with Gasteiger partial charge in [0.1, 0.15) is 18.3 Å². The summed E-state index contributed by atoms with van der Waals surface area (Å²) in [5, 5.41) is 16.6. The van der Waals surface area contributed by atoms with E-state index in [4.69, 9.17) is 19.6 Å². The summed E-state index contributed by atoms with van der Waals surface area (Å²) in [5.41, 5.74) is 0. The number of ether oxygens (including phenoxy) is 3. The molecule has 2 heterocycles. The third-order valence-corrected chi connectivity index (χ3v) is 2.22. The minimum Gasteiger partial charge on any atom is -0.387 e. The molecule has 5 nitrogen and oxygen atoms in total. The smallest absolute Gasteiger partial charge is 0.190 e. The van der Waals surface area contributed by atoms with Crippen molar-refractivity contribution >= 4 is 6.21 Å². The van der Waals surface area contributed by atoms with E-state index in [2.05, 4.69) is 0 Å². The first-order valence-corrected chi connectivity index (χ1v) is 4.23. The van der Waals surface area contributed by atoms with Crippen molar-refractivity contribution in [3.8, 4) is 0 Å². The number of rotatable bonds is 1. The Morgan fingerprint density at radius 2 is 2.08 bits per heavy atom. The molecule has 0 saturated carbocycles. The largest absolute Gasteiger partial charge is 0.387 e. The van der Waals surface area contributed by atoms with E-state index in [1.165, 1.54) is 0 Å². The van der Waals surface area contributed by atoms with E-state index in [1.54, 1.807) is 13.8 Å². The number of hydrogen-bond acceptors (Lipinski definition) is 5. The van der Waals surface area contributed by atoms with Crippen LogP contribution in [-0.2, 0) is 14.2 Å². The highest BCUT2D eigenvalue weighted by Gasteiger charge is 2.53. The Morgan fingerprint density at radius 1 is 1.38 bits per heavy atom. The molecular formula is C8H13NO4. The number of aliphatic hydroxyl groups is 1. The first kappa shape index (κ1) is 9.08. The maximum absolute atomic E-state index is 9.61. The molecule has 13 heavy (non-hydrogen) atoms. The van der Waals surface area contributed by atoms with Crippen molar-refractivity contribution in [1.82, 2.24) is 0 Å². The van der Waals surface area contributed by atoms with Crippen LogP contribution in [0.2, 0.25) is 0 Å². The molecule has 0 amide bonds. The summed E-state index contributed by atoms with van der Waals surface area (Å²) in [6, 6.07) is 0. The van der Waals surface area contributed by atoms with E-state index in [0.29, 0.717) is 0 Å². The van der Waals surface area contributed by atoms with Gasteiger partial charge in [-0.25, -0.2) is 0 Å². The molecule has 0 aromatic carbocycles. The van der Waals surface area contributed by atoms with Gasteiger partial charge in [0.05, 0.1) is 0 Å². The van der Waals surface area contributed by atoms with Crippen molar-refractivity contribution in [3.63, 3.8) is 0 Å². The Bertz CT molecular complexity index is 230. The average molecular weight is 187 g/mol. The lowest BCUT2D eigenvalue weighted by molar-refractivity contribution is -0.206. The van der Waals surface area contributed by atoms with Crippen LogP contribution in [0.4, 0.5) is 0 Å². The predicted molar refractivity (Wildman–Crippen MR) is 43.5 cm³/mol. The molecule has 2 fully saturated rings. The number of hydrogen-bond donors (Lipinski definition) is 2. The molecular weight excluding hydrogens is 174 g/mol. The van der Waals surface area contributed by atoms with Crippen LogP contribution in [0.3, 0.4) is 0 Å². The van der Waals surface area contributed by atoms with Gasteiger partial charge in [-0.15, -0.1) is 0 Å². The number of fused-ring (bicyclic) bond motifs is 1. The zero-order valence-corrected chi connectivity index (χ0v) is 7.56. The number of aliphatic hydroxyl groups excluding tert-OH is 1. The summed E-state index contributed by atoms with van der Waals surface area (Å²) < 4.78 is 16.0. The minimum atomic E-state index is -0.802. The van der Waals surface area contributed by atoms with Gasteiger partial charge in [0.2, 0.25) is 0 Å². The second kappa shape index (κ2) is 2.75. The first-order chi connectivity index (χ1) is 6.03. The summed E-state index contributed by atoms with van der Waals surface area (Å²) in [7, 11) is 0. The lowest BCUT2D eigenvalue weighted by Crippen LogP contribution is -2.34. The van der Waals surface area contributed by atoms with Gasteiger partial charge in [-0.2, -0.15) is 0 Å². The zero-order valence-electron chi connectivity index (χ0n) is 7.56. The van der Waals surface area contributed by atoms with Gasteiger partial charge in [0.15, 0.2) is 12.1 Å². The second-order valence-corrected chi connectivity index (χ2v) is 3.73. The fraction of sp³-hybridized carbons (Fsp3) is 0.875. The Labute approximate surface area is 76.1 Å². The summed E-state index contributed by atoms with van der Waals surface area (Å²) in [6.07, 6.45) is -1.36. The van der Waals surface area contributed by atoms with Gasteiger partial charge in [0, 0.05) is 6.21 Å². The molecule has 4 atom stereocenters. The summed E-state index contributed by atoms with van der Waals surface area (Å²) in [6.45, 7) is 3.53. The maximum Gasteiger partial charge on any atom is 0.190 e. The molecule has 0 unspecified atom stereocenters. The van der Waals surface area contributed by atoms with Crippen LogP contribution in [0.5, 0.6) is 0 Å². The SMILES string of the molecule is CC1(C)O[C@H]2O[C@H](C=N)[C@@H](O)[C@H]2O1. The van der Waals surface area contributed by atoms with Crippen molar-refractivity contribution in [2.45, 2.75) is 44.2 Å². The normalized spacial score (nSPS) is 47.6. The van der Waals surface area contributed by atoms with Crippen LogP contribution < -0.4 is 0 Å². The van der Waals surface area contributed by atoms with E-state index in [-0.39, 0.29) is 0 Å². The minimum absolute atomic E-state index is 0.471. The van der Waals surface area contributed by atoms with Crippen molar-refractivity contribution in [2.24, 2.45) is 0 Å². The van der Waals surface area contributed by atoms with Crippen molar-refractivity contribution < 1.29 is 19.3 Å². The van der Waals surface area contributed by atoms with Crippen LogP contribution in [-0.4, -0.2) is 41.7 Å². The molecule has 2 N–H and O–H groups in total.